The Morgan fingerprint density at radius 3 is 2.11 bits per heavy atom. The quantitative estimate of drug-likeness (QED) is 0.709. The van der Waals surface area contributed by atoms with Crippen LogP contribution < -0.4 is 5.32 Å². The standard InChI is InChI=1S/C15H21NS2/c1-12(2)6-3-9-16-15(13-7-4-10-17-13)14-8-5-11-18-14/h4-5,7-8,10-12,15-16H,3,6,9H2,1-2H3. The Labute approximate surface area is 118 Å². The van der Waals surface area contributed by atoms with Gasteiger partial charge in [0.15, 0.2) is 0 Å². The molecule has 0 bridgehead atoms. The highest BCUT2D eigenvalue weighted by molar-refractivity contribution is 7.11. The molecule has 18 heavy (non-hydrogen) atoms. The number of thiophene rings is 2. The Kier molecular flexibility index (Phi) is 5.42. The number of hydrogen-bond donors (Lipinski definition) is 1. The van der Waals surface area contributed by atoms with Crippen molar-refractivity contribution in [3.05, 3.63) is 44.8 Å². The van der Waals surface area contributed by atoms with Gasteiger partial charge < -0.3 is 5.32 Å². The minimum absolute atomic E-state index is 0.386. The second-order valence-corrected chi connectivity index (χ2v) is 6.91. The lowest BCUT2D eigenvalue weighted by atomic mass is 10.1. The van der Waals surface area contributed by atoms with Gasteiger partial charge in [-0.2, -0.15) is 0 Å². The summed E-state index contributed by atoms with van der Waals surface area (Å²) < 4.78 is 0. The summed E-state index contributed by atoms with van der Waals surface area (Å²) in [6.45, 7) is 5.67. The van der Waals surface area contributed by atoms with E-state index >= 15 is 0 Å². The Morgan fingerprint density at radius 1 is 1.06 bits per heavy atom. The Balaban J connectivity index is 1.94. The number of hydrogen-bond acceptors (Lipinski definition) is 3. The number of nitrogens with one attached hydrogen (secondary N) is 1. The van der Waals surface area contributed by atoms with Crippen LogP contribution in [0.1, 0.15) is 42.5 Å². The molecule has 0 spiro atoms. The van der Waals surface area contributed by atoms with Crippen molar-refractivity contribution in [2.45, 2.75) is 32.7 Å². The maximum Gasteiger partial charge on any atom is 0.0764 e. The molecule has 0 aliphatic heterocycles. The average Bonchev–Trinajstić information content (AvgIpc) is 3.01. The summed E-state index contributed by atoms with van der Waals surface area (Å²) in [4.78, 5) is 2.84. The summed E-state index contributed by atoms with van der Waals surface area (Å²) in [6, 6.07) is 9.11. The normalized spacial score (nSPS) is 11.6. The van der Waals surface area contributed by atoms with Crippen molar-refractivity contribution in [3.8, 4) is 0 Å². The summed E-state index contributed by atoms with van der Waals surface area (Å²) >= 11 is 3.68. The fourth-order valence-electron chi connectivity index (χ4n) is 2.01. The fraction of sp³-hybridized carbons (Fsp3) is 0.467. The molecule has 98 valence electrons. The Hall–Kier alpha value is -0.640. The molecule has 1 nitrogen and oxygen atoms in total. The number of rotatable bonds is 7. The molecule has 2 aromatic rings. The van der Waals surface area contributed by atoms with Crippen LogP contribution in [-0.2, 0) is 0 Å². The van der Waals surface area contributed by atoms with Crippen LogP contribution in [0, 0.1) is 5.92 Å². The predicted octanol–water partition coefficient (Wildman–Crippen LogP) is 4.92. The molecule has 0 saturated carbocycles. The van der Waals surface area contributed by atoms with Crippen molar-refractivity contribution in [1.29, 1.82) is 0 Å². The summed E-state index contributed by atoms with van der Waals surface area (Å²) in [6.07, 6.45) is 2.56. The smallest absolute Gasteiger partial charge is 0.0764 e. The molecule has 0 saturated heterocycles. The second-order valence-electron chi connectivity index (χ2n) is 4.95. The van der Waals surface area contributed by atoms with Crippen LogP contribution in [0.15, 0.2) is 35.0 Å². The first-order valence-electron chi connectivity index (χ1n) is 6.57. The minimum atomic E-state index is 0.386. The van der Waals surface area contributed by atoms with Crippen molar-refractivity contribution in [2.75, 3.05) is 6.54 Å². The molecule has 0 atom stereocenters. The van der Waals surface area contributed by atoms with Gasteiger partial charge in [0.25, 0.3) is 0 Å². The molecule has 2 heterocycles. The summed E-state index contributed by atoms with van der Waals surface area (Å²) in [5.41, 5.74) is 0. The van der Waals surface area contributed by atoms with Crippen molar-refractivity contribution < 1.29 is 0 Å². The average molecular weight is 279 g/mol. The van der Waals surface area contributed by atoms with Crippen LogP contribution in [0.3, 0.4) is 0 Å². The third-order valence-electron chi connectivity index (χ3n) is 2.96. The lowest BCUT2D eigenvalue weighted by Crippen LogP contribution is -2.22. The maximum absolute atomic E-state index is 3.70. The first-order valence-corrected chi connectivity index (χ1v) is 8.33. The SMILES string of the molecule is CC(C)CCCNC(c1cccs1)c1cccs1. The zero-order valence-electron chi connectivity index (χ0n) is 11.1. The molecule has 0 aromatic carbocycles. The van der Waals surface area contributed by atoms with Gasteiger partial charge in [-0.05, 0) is 48.2 Å². The van der Waals surface area contributed by atoms with Gasteiger partial charge in [-0.25, -0.2) is 0 Å². The van der Waals surface area contributed by atoms with E-state index in [1.54, 1.807) is 0 Å². The molecule has 0 aliphatic carbocycles. The molecule has 0 unspecified atom stereocenters. The molecule has 2 aromatic heterocycles. The zero-order chi connectivity index (χ0) is 12.8. The van der Waals surface area contributed by atoms with E-state index in [-0.39, 0.29) is 0 Å². The fourth-order valence-corrected chi connectivity index (χ4v) is 3.72. The van der Waals surface area contributed by atoms with Crippen LogP contribution in [-0.4, -0.2) is 6.54 Å². The van der Waals surface area contributed by atoms with Gasteiger partial charge in [0.05, 0.1) is 6.04 Å². The summed E-state index contributed by atoms with van der Waals surface area (Å²) in [5.74, 6) is 0.800. The van der Waals surface area contributed by atoms with Crippen LogP contribution in [0.4, 0.5) is 0 Å². The van der Waals surface area contributed by atoms with Crippen LogP contribution >= 0.6 is 22.7 Å². The van der Waals surface area contributed by atoms with Crippen LogP contribution in [0.2, 0.25) is 0 Å². The topological polar surface area (TPSA) is 12.0 Å². The highest BCUT2D eigenvalue weighted by Gasteiger charge is 2.15. The van der Waals surface area contributed by atoms with Gasteiger partial charge in [-0.3, -0.25) is 0 Å². The van der Waals surface area contributed by atoms with Gasteiger partial charge in [0.2, 0.25) is 0 Å². The van der Waals surface area contributed by atoms with Gasteiger partial charge in [-0.1, -0.05) is 26.0 Å². The van der Waals surface area contributed by atoms with Gasteiger partial charge in [-0.15, -0.1) is 22.7 Å². The van der Waals surface area contributed by atoms with Crippen LogP contribution in [0.5, 0.6) is 0 Å². The van der Waals surface area contributed by atoms with E-state index in [1.807, 2.05) is 22.7 Å². The lowest BCUT2D eigenvalue weighted by Gasteiger charge is -2.16. The Morgan fingerprint density at radius 2 is 1.67 bits per heavy atom. The largest absolute Gasteiger partial charge is 0.305 e. The van der Waals surface area contributed by atoms with Gasteiger partial charge >= 0.3 is 0 Å². The van der Waals surface area contributed by atoms with E-state index in [9.17, 15) is 0 Å². The highest BCUT2D eigenvalue weighted by atomic mass is 32.1. The summed E-state index contributed by atoms with van der Waals surface area (Å²) in [5, 5.41) is 8.02. The van der Waals surface area contributed by atoms with Crippen molar-refractivity contribution in [2.24, 2.45) is 5.92 Å². The minimum Gasteiger partial charge on any atom is -0.305 e. The molecular weight excluding hydrogens is 258 g/mol. The molecular formula is C15H21NS2. The highest BCUT2D eigenvalue weighted by Crippen LogP contribution is 2.29. The maximum atomic E-state index is 3.70. The lowest BCUT2D eigenvalue weighted by molar-refractivity contribution is 0.512. The third-order valence-corrected chi connectivity index (χ3v) is 4.84. The van der Waals surface area contributed by atoms with Crippen molar-refractivity contribution in [1.82, 2.24) is 5.32 Å². The zero-order valence-corrected chi connectivity index (χ0v) is 12.7. The van der Waals surface area contributed by atoms with Gasteiger partial charge in [0.1, 0.15) is 0 Å². The third kappa shape index (κ3) is 3.94. The summed E-state index contributed by atoms with van der Waals surface area (Å²) in [7, 11) is 0. The first kappa shape index (κ1) is 13.8. The molecule has 3 heteroatoms. The van der Waals surface area contributed by atoms with E-state index < -0.39 is 0 Å². The molecule has 0 amide bonds. The molecule has 0 fully saturated rings. The van der Waals surface area contributed by atoms with E-state index in [4.69, 9.17) is 0 Å². The first-order chi connectivity index (χ1) is 8.77. The van der Waals surface area contributed by atoms with Crippen LogP contribution in [0.25, 0.3) is 0 Å². The van der Waals surface area contributed by atoms with E-state index in [0.29, 0.717) is 6.04 Å². The molecule has 0 aliphatic rings. The van der Waals surface area contributed by atoms with Crippen molar-refractivity contribution >= 4 is 22.7 Å². The van der Waals surface area contributed by atoms with E-state index in [2.05, 4.69) is 54.2 Å². The monoisotopic (exact) mass is 279 g/mol. The second kappa shape index (κ2) is 7.07. The predicted molar refractivity (Wildman–Crippen MR) is 82.6 cm³/mol. The molecule has 1 N–H and O–H groups in total. The van der Waals surface area contributed by atoms with Gasteiger partial charge in [0, 0.05) is 9.75 Å². The van der Waals surface area contributed by atoms with E-state index in [0.717, 1.165) is 12.5 Å². The van der Waals surface area contributed by atoms with E-state index in [1.165, 1.54) is 22.6 Å². The Bertz CT molecular complexity index is 383. The van der Waals surface area contributed by atoms with Crippen molar-refractivity contribution in [3.63, 3.8) is 0 Å². The molecule has 0 radical (unpaired) electrons. The molecule has 2 rings (SSSR count).